The molecule has 0 aromatic carbocycles. The molecule has 0 saturated carbocycles. The van der Waals surface area contributed by atoms with Gasteiger partial charge < -0.3 is 0 Å². The van der Waals surface area contributed by atoms with E-state index in [2.05, 4.69) is 26.8 Å². The summed E-state index contributed by atoms with van der Waals surface area (Å²) in [7, 11) is 0. The van der Waals surface area contributed by atoms with E-state index in [1.807, 2.05) is 13.0 Å². The predicted octanol–water partition coefficient (Wildman–Crippen LogP) is 4.78. The smallest absolute Gasteiger partial charge is 0.161 e. The van der Waals surface area contributed by atoms with E-state index in [4.69, 9.17) is 11.6 Å². The number of hydrogen-bond acceptors (Lipinski definition) is 1. The summed E-state index contributed by atoms with van der Waals surface area (Å²) in [4.78, 5) is 10.6. The predicted molar refractivity (Wildman–Crippen MR) is 74.1 cm³/mol. The van der Waals surface area contributed by atoms with Gasteiger partial charge in [0, 0.05) is 0 Å². The van der Waals surface area contributed by atoms with Crippen molar-refractivity contribution < 1.29 is 4.79 Å². The maximum atomic E-state index is 10.6. The second-order valence-corrected chi connectivity index (χ2v) is 5.82. The van der Waals surface area contributed by atoms with Crippen LogP contribution in [0.4, 0.5) is 0 Å². The molecule has 2 heteroatoms. The number of allylic oxidation sites excluding steroid dienone is 6. The van der Waals surface area contributed by atoms with Crippen LogP contribution in [-0.2, 0) is 4.79 Å². The van der Waals surface area contributed by atoms with Gasteiger partial charge in [0.15, 0.2) is 6.29 Å². The Morgan fingerprint density at radius 1 is 1.41 bits per heavy atom. The van der Waals surface area contributed by atoms with Gasteiger partial charge in [-0.25, -0.2) is 0 Å². The molecule has 1 aliphatic rings. The molecule has 0 radical (unpaired) electrons. The van der Waals surface area contributed by atoms with E-state index in [1.54, 1.807) is 0 Å². The Kier molecular flexibility index (Phi) is 4.76. The molecular weight excluding hydrogens is 232 g/mol. The summed E-state index contributed by atoms with van der Waals surface area (Å²) in [6, 6.07) is 0. The third kappa shape index (κ3) is 3.57. The summed E-state index contributed by atoms with van der Waals surface area (Å²) >= 11 is 5.79. The Morgan fingerprint density at radius 3 is 2.59 bits per heavy atom. The average Bonchev–Trinajstić information content (AvgIpc) is 2.26. The van der Waals surface area contributed by atoms with E-state index in [0.29, 0.717) is 6.29 Å². The minimum absolute atomic E-state index is 0.229. The van der Waals surface area contributed by atoms with E-state index >= 15 is 0 Å². The van der Waals surface area contributed by atoms with Gasteiger partial charge in [-0.15, -0.1) is 0 Å². The van der Waals surface area contributed by atoms with Crippen molar-refractivity contribution in [2.45, 2.75) is 47.0 Å². The summed E-state index contributed by atoms with van der Waals surface area (Å²) in [6.07, 6.45) is 8.41. The molecule has 94 valence electrons. The van der Waals surface area contributed by atoms with Gasteiger partial charge in [0.2, 0.25) is 0 Å². The molecule has 1 aliphatic carbocycles. The highest BCUT2D eigenvalue weighted by atomic mass is 35.5. The van der Waals surface area contributed by atoms with Gasteiger partial charge in [-0.3, -0.25) is 4.79 Å². The molecule has 17 heavy (non-hydrogen) atoms. The fraction of sp³-hybridized carbons (Fsp3) is 0.533. The van der Waals surface area contributed by atoms with Crippen LogP contribution in [0.1, 0.15) is 47.0 Å². The number of hydrogen-bond donors (Lipinski definition) is 0. The maximum absolute atomic E-state index is 10.6. The molecule has 0 aromatic rings. The van der Waals surface area contributed by atoms with Crippen molar-refractivity contribution in [2.75, 3.05) is 0 Å². The van der Waals surface area contributed by atoms with E-state index in [9.17, 15) is 4.79 Å². The highest BCUT2D eigenvalue weighted by Crippen LogP contribution is 2.40. The number of aldehydes is 1. The van der Waals surface area contributed by atoms with Crippen LogP contribution in [0, 0.1) is 5.41 Å². The Balaban J connectivity index is 3.01. The van der Waals surface area contributed by atoms with Gasteiger partial charge in [0.1, 0.15) is 0 Å². The van der Waals surface area contributed by atoms with Gasteiger partial charge in [-0.05, 0) is 49.7 Å². The molecule has 0 N–H and O–H groups in total. The first-order valence-corrected chi connectivity index (χ1v) is 6.46. The molecule has 1 nitrogen and oxygen atoms in total. The van der Waals surface area contributed by atoms with Gasteiger partial charge in [0.25, 0.3) is 0 Å². The lowest BCUT2D eigenvalue weighted by atomic mass is 9.72. The topological polar surface area (TPSA) is 17.1 Å². The zero-order valence-electron chi connectivity index (χ0n) is 11.1. The minimum atomic E-state index is 0.229. The molecule has 0 saturated heterocycles. The van der Waals surface area contributed by atoms with Crippen molar-refractivity contribution in [3.63, 3.8) is 0 Å². The zero-order valence-corrected chi connectivity index (χ0v) is 11.9. The number of halogens is 1. The summed E-state index contributed by atoms with van der Waals surface area (Å²) in [5, 5.41) is 0.285. The molecule has 0 bridgehead atoms. The lowest BCUT2D eigenvalue weighted by molar-refractivity contribution is -0.104. The second kappa shape index (κ2) is 5.68. The van der Waals surface area contributed by atoms with Crippen LogP contribution in [0.5, 0.6) is 0 Å². The number of rotatable bonds is 3. The Labute approximate surface area is 109 Å². The van der Waals surface area contributed by atoms with Crippen LogP contribution in [0.25, 0.3) is 0 Å². The van der Waals surface area contributed by atoms with Crippen LogP contribution in [0.2, 0.25) is 0 Å². The largest absolute Gasteiger partial charge is 0.297 e. The van der Waals surface area contributed by atoms with Gasteiger partial charge >= 0.3 is 0 Å². The van der Waals surface area contributed by atoms with Gasteiger partial charge in [0.05, 0.1) is 5.03 Å². The Bertz CT molecular complexity index is 397. The lowest BCUT2D eigenvalue weighted by Crippen LogP contribution is -2.19. The monoisotopic (exact) mass is 252 g/mol. The second-order valence-electron chi connectivity index (χ2n) is 5.41. The highest BCUT2D eigenvalue weighted by Gasteiger charge is 2.26. The average molecular weight is 253 g/mol. The normalized spacial score (nSPS) is 21.7. The number of carbonyl (C=O) groups is 1. The molecule has 0 aromatic heterocycles. The fourth-order valence-corrected chi connectivity index (χ4v) is 2.45. The molecular formula is C15H21ClO. The van der Waals surface area contributed by atoms with Crippen molar-refractivity contribution in [3.05, 3.63) is 33.9 Å². The van der Waals surface area contributed by atoms with Crippen LogP contribution in [0.15, 0.2) is 33.9 Å². The highest BCUT2D eigenvalue weighted by molar-refractivity contribution is 6.39. The molecule has 0 aliphatic heterocycles. The third-order valence-corrected chi connectivity index (χ3v) is 3.91. The first-order valence-electron chi connectivity index (χ1n) is 6.08. The van der Waals surface area contributed by atoms with Crippen molar-refractivity contribution in [3.8, 4) is 0 Å². The molecule has 0 fully saturated rings. The van der Waals surface area contributed by atoms with Crippen molar-refractivity contribution in [2.24, 2.45) is 5.41 Å². The Hall–Kier alpha value is -0.820. The summed E-state index contributed by atoms with van der Waals surface area (Å²) in [5.41, 5.74) is 3.89. The van der Waals surface area contributed by atoms with E-state index in [-0.39, 0.29) is 10.4 Å². The molecule has 0 amide bonds. The van der Waals surface area contributed by atoms with Gasteiger partial charge in [-0.2, -0.15) is 0 Å². The van der Waals surface area contributed by atoms with Crippen LogP contribution in [0.3, 0.4) is 0 Å². The molecule has 0 spiro atoms. The SMILES string of the molecule is CC(C=CC1=C(C)CCCC1(C)C)=C(Cl)C=O. The van der Waals surface area contributed by atoms with Crippen LogP contribution in [-0.4, -0.2) is 6.29 Å². The minimum Gasteiger partial charge on any atom is -0.297 e. The fourth-order valence-electron chi connectivity index (χ4n) is 2.39. The molecule has 0 unspecified atom stereocenters. The van der Waals surface area contributed by atoms with Crippen LogP contribution < -0.4 is 0 Å². The van der Waals surface area contributed by atoms with Crippen molar-refractivity contribution >= 4 is 17.9 Å². The first-order chi connectivity index (χ1) is 7.88. The summed E-state index contributed by atoms with van der Waals surface area (Å²) in [6.45, 7) is 8.60. The van der Waals surface area contributed by atoms with Gasteiger partial charge in [-0.1, -0.05) is 43.2 Å². The molecule has 0 heterocycles. The third-order valence-electron chi connectivity index (χ3n) is 3.52. The quantitative estimate of drug-likeness (QED) is 0.401. The van der Waals surface area contributed by atoms with Crippen molar-refractivity contribution in [1.29, 1.82) is 0 Å². The van der Waals surface area contributed by atoms with E-state index in [0.717, 1.165) is 5.57 Å². The first kappa shape index (κ1) is 14.2. The molecule has 1 rings (SSSR count). The molecule has 0 atom stereocenters. The maximum Gasteiger partial charge on any atom is 0.161 e. The van der Waals surface area contributed by atoms with E-state index in [1.165, 1.54) is 30.4 Å². The van der Waals surface area contributed by atoms with Crippen LogP contribution >= 0.6 is 11.6 Å². The summed E-state index contributed by atoms with van der Waals surface area (Å²) in [5.74, 6) is 0. The Morgan fingerprint density at radius 2 is 2.06 bits per heavy atom. The van der Waals surface area contributed by atoms with E-state index < -0.39 is 0 Å². The zero-order chi connectivity index (χ0) is 13.1. The lowest BCUT2D eigenvalue weighted by Gasteiger charge is -2.32. The standard InChI is InChI=1S/C15H21ClO/c1-11-6-5-9-15(3,4)13(11)8-7-12(2)14(16)10-17/h7-8,10H,5-6,9H2,1-4H3. The summed E-state index contributed by atoms with van der Waals surface area (Å²) < 4.78 is 0. The van der Waals surface area contributed by atoms with Crippen molar-refractivity contribution in [1.82, 2.24) is 0 Å². The number of carbonyl (C=O) groups excluding carboxylic acids is 1.